The molecule has 1 aliphatic rings. The van der Waals surface area contributed by atoms with Crippen molar-refractivity contribution in [2.75, 3.05) is 19.6 Å². The fraction of sp³-hybridized carbons (Fsp3) is 0.259. The Bertz CT molecular complexity index is 1230. The Morgan fingerprint density at radius 1 is 0.829 bits per heavy atom. The van der Waals surface area contributed by atoms with E-state index in [1.54, 1.807) is 47.4 Å². The van der Waals surface area contributed by atoms with Crippen molar-refractivity contribution >= 4 is 21.8 Å². The van der Waals surface area contributed by atoms with Crippen molar-refractivity contribution in [1.82, 2.24) is 14.5 Å². The summed E-state index contributed by atoms with van der Waals surface area (Å²) in [5.41, 5.74) is 1.41. The molecule has 0 atom stereocenters. The van der Waals surface area contributed by atoms with Gasteiger partial charge in [0.2, 0.25) is 15.9 Å². The number of amides is 2. The first-order valence-corrected chi connectivity index (χ1v) is 13.1. The number of sulfonamides is 1. The lowest BCUT2D eigenvalue weighted by Crippen LogP contribution is -2.49. The number of likely N-dealkylation sites (tertiary alicyclic amines) is 1. The van der Waals surface area contributed by atoms with Gasteiger partial charge in [0.1, 0.15) is 0 Å². The van der Waals surface area contributed by atoms with Gasteiger partial charge in [-0.25, -0.2) is 8.42 Å². The summed E-state index contributed by atoms with van der Waals surface area (Å²) < 4.78 is 28.0. The Labute approximate surface area is 206 Å². The van der Waals surface area contributed by atoms with Gasteiger partial charge < -0.3 is 10.2 Å². The Morgan fingerprint density at radius 3 is 1.97 bits per heavy atom. The molecule has 0 spiro atoms. The minimum atomic E-state index is -3.86. The van der Waals surface area contributed by atoms with Crippen LogP contribution in [0.5, 0.6) is 0 Å². The van der Waals surface area contributed by atoms with E-state index in [0.29, 0.717) is 31.5 Å². The van der Waals surface area contributed by atoms with Crippen molar-refractivity contribution < 1.29 is 18.0 Å². The SMILES string of the molecule is O=C(NC1CCN(C(=O)CN(Cc2ccccc2)S(=O)(=O)c2ccccc2)CC1)c1ccccc1. The maximum atomic E-state index is 13.4. The van der Waals surface area contributed by atoms with Crippen LogP contribution in [0.25, 0.3) is 0 Å². The molecule has 0 radical (unpaired) electrons. The van der Waals surface area contributed by atoms with E-state index in [1.807, 2.05) is 48.5 Å². The van der Waals surface area contributed by atoms with Crippen LogP contribution in [0.1, 0.15) is 28.8 Å². The summed E-state index contributed by atoms with van der Waals surface area (Å²) in [6.45, 7) is 0.785. The molecule has 0 saturated carbocycles. The van der Waals surface area contributed by atoms with E-state index in [0.717, 1.165) is 5.56 Å². The van der Waals surface area contributed by atoms with E-state index in [9.17, 15) is 18.0 Å². The van der Waals surface area contributed by atoms with Gasteiger partial charge in [0.25, 0.3) is 5.91 Å². The van der Waals surface area contributed by atoms with Crippen molar-refractivity contribution in [2.24, 2.45) is 0 Å². The summed E-state index contributed by atoms with van der Waals surface area (Å²) in [5.74, 6) is -0.369. The van der Waals surface area contributed by atoms with Crippen molar-refractivity contribution in [3.8, 4) is 0 Å². The highest BCUT2D eigenvalue weighted by Gasteiger charge is 2.30. The number of piperidine rings is 1. The number of hydrogen-bond donors (Lipinski definition) is 1. The summed E-state index contributed by atoms with van der Waals surface area (Å²) in [5, 5.41) is 3.03. The van der Waals surface area contributed by atoms with Crippen LogP contribution in [0.2, 0.25) is 0 Å². The maximum Gasteiger partial charge on any atom is 0.251 e. The van der Waals surface area contributed by atoms with Gasteiger partial charge in [-0.05, 0) is 42.7 Å². The number of nitrogens with one attached hydrogen (secondary N) is 1. The highest BCUT2D eigenvalue weighted by molar-refractivity contribution is 7.89. The number of nitrogens with zero attached hydrogens (tertiary/aromatic N) is 2. The van der Waals surface area contributed by atoms with Gasteiger partial charge in [-0.2, -0.15) is 4.31 Å². The summed E-state index contributed by atoms with van der Waals surface area (Å²) in [4.78, 5) is 27.4. The minimum Gasteiger partial charge on any atom is -0.349 e. The third-order valence-corrected chi connectivity index (χ3v) is 7.92. The second-order valence-corrected chi connectivity index (χ2v) is 10.5. The summed E-state index contributed by atoms with van der Waals surface area (Å²) >= 11 is 0. The second kappa shape index (κ2) is 11.3. The zero-order chi connectivity index (χ0) is 24.7. The van der Waals surface area contributed by atoms with Gasteiger partial charge in [0.15, 0.2) is 0 Å². The normalized spacial score (nSPS) is 14.6. The Kier molecular flexibility index (Phi) is 7.94. The van der Waals surface area contributed by atoms with Crippen molar-refractivity contribution in [3.63, 3.8) is 0 Å². The lowest BCUT2D eigenvalue weighted by molar-refractivity contribution is -0.132. The predicted octanol–water partition coefficient (Wildman–Crippen LogP) is 3.30. The largest absolute Gasteiger partial charge is 0.349 e. The number of carbonyl (C=O) groups is 2. The Balaban J connectivity index is 1.40. The first-order valence-electron chi connectivity index (χ1n) is 11.7. The quantitative estimate of drug-likeness (QED) is 0.524. The molecular weight excluding hydrogens is 462 g/mol. The Hall–Kier alpha value is -3.49. The molecule has 1 heterocycles. The zero-order valence-electron chi connectivity index (χ0n) is 19.4. The van der Waals surface area contributed by atoms with Gasteiger partial charge in [-0.1, -0.05) is 66.7 Å². The number of hydrogen-bond acceptors (Lipinski definition) is 4. The standard InChI is InChI=1S/C27H29N3O4S/c31-26(29-18-16-24(17-19-29)28-27(32)23-12-6-2-7-13-23)21-30(20-22-10-4-1-5-11-22)35(33,34)25-14-8-3-9-15-25/h1-15,24H,16-21H2,(H,28,32). The molecule has 2 amide bonds. The average Bonchev–Trinajstić information content (AvgIpc) is 2.90. The smallest absolute Gasteiger partial charge is 0.251 e. The summed E-state index contributed by atoms with van der Waals surface area (Å²) in [6.07, 6.45) is 1.24. The lowest BCUT2D eigenvalue weighted by Gasteiger charge is -2.33. The highest BCUT2D eigenvalue weighted by Crippen LogP contribution is 2.20. The van der Waals surface area contributed by atoms with E-state index >= 15 is 0 Å². The molecule has 0 bridgehead atoms. The topological polar surface area (TPSA) is 86.8 Å². The molecule has 182 valence electrons. The highest BCUT2D eigenvalue weighted by atomic mass is 32.2. The predicted molar refractivity (Wildman–Crippen MR) is 134 cm³/mol. The van der Waals surface area contributed by atoms with Crippen LogP contribution < -0.4 is 5.32 Å². The van der Waals surface area contributed by atoms with E-state index < -0.39 is 10.0 Å². The van der Waals surface area contributed by atoms with Gasteiger partial charge >= 0.3 is 0 Å². The van der Waals surface area contributed by atoms with Gasteiger partial charge in [0.05, 0.1) is 11.4 Å². The van der Waals surface area contributed by atoms with Crippen LogP contribution in [-0.2, 0) is 21.4 Å². The maximum absolute atomic E-state index is 13.4. The van der Waals surface area contributed by atoms with Crippen LogP contribution in [0.3, 0.4) is 0 Å². The third-order valence-electron chi connectivity index (χ3n) is 6.11. The molecule has 4 rings (SSSR count). The van der Waals surface area contributed by atoms with Crippen molar-refractivity contribution in [3.05, 3.63) is 102 Å². The molecule has 7 nitrogen and oxygen atoms in total. The molecule has 1 N–H and O–H groups in total. The molecule has 0 aliphatic carbocycles. The minimum absolute atomic E-state index is 0.0276. The Morgan fingerprint density at radius 2 is 1.37 bits per heavy atom. The molecule has 3 aromatic rings. The van der Waals surface area contributed by atoms with Gasteiger partial charge in [-0.15, -0.1) is 0 Å². The average molecular weight is 492 g/mol. The number of benzene rings is 3. The third kappa shape index (κ3) is 6.35. The molecule has 1 aliphatic heterocycles. The summed E-state index contributed by atoms with van der Waals surface area (Å²) in [7, 11) is -3.86. The molecule has 1 saturated heterocycles. The van der Waals surface area contributed by atoms with Crippen molar-refractivity contribution in [1.29, 1.82) is 0 Å². The fourth-order valence-corrected chi connectivity index (χ4v) is 5.54. The molecule has 1 fully saturated rings. The molecule has 0 aromatic heterocycles. The van der Waals surface area contributed by atoms with Crippen LogP contribution in [0.15, 0.2) is 95.9 Å². The molecule has 0 unspecified atom stereocenters. The van der Waals surface area contributed by atoms with Gasteiger partial charge in [-0.3, -0.25) is 9.59 Å². The molecule has 35 heavy (non-hydrogen) atoms. The summed E-state index contributed by atoms with van der Waals surface area (Å²) in [6, 6.07) is 26.4. The molecule has 3 aromatic carbocycles. The monoisotopic (exact) mass is 491 g/mol. The van der Waals surface area contributed by atoms with Crippen molar-refractivity contribution in [2.45, 2.75) is 30.3 Å². The van der Waals surface area contributed by atoms with Crippen LogP contribution in [0, 0.1) is 0 Å². The first kappa shape index (κ1) is 24.6. The molecule has 8 heteroatoms. The van der Waals surface area contributed by atoms with Crippen LogP contribution in [-0.4, -0.2) is 55.1 Å². The second-order valence-electron chi connectivity index (χ2n) is 8.57. The van der Waals surface area contributed by atoms with Crippen LogP contribution >= 0.6 is 0 Å². The lowest BCUT2D eigenvalue weighted by atomic mass is 10.0. The van der Waals surface area contributed by atoms with Gasteiger partial charge in [0, 0.05) is 31.2 Å². The van der Waals surface area contributed by atoms with E-state index in [-0.39, 0.29) is 35.8 Å². The van der Waals surface area contributed by atoms with Crippen LogP contribution in [0.4, 0.5) is 0 Å². The van der Waals surface area contributed by atoms with E-state index in [4.69, 9.17) is 0 Å². The zero-order valence-corrected chi connectivity index (χ0v) is 20.2. The number of rotatable bonds is 8. The number of carbonyl (C=O) groups excluding carboxylic acids is 2. The molecular formula is C27H29N3O4S. The van der Waals surface area contributed by atoms with E-state index in [2.05, 4.69) is 5.32 Å². The van der Waals surface area contributed by atoms with E-state index in [1.165, 1.54) is 4.31 Å². The fourth-order valence-electron chi connectivity index (χ4n) is 4.14. The first-order chi connectivity index (χ1) is 16.9.